The van der Waals surface area contributed by atoms with Crippen molar-refractivity contribution in [2.45, 2.75) is 39.3 Å². The van der Waals surface area contributed by atoms with Crippen molar-refractivity contribution in [3.05, 3.63) is 96.8 Å². The number of likely N-dealkylation sites (tertiary alicyclic amines) is 1. The number of benzene rings is 2. The molecule has 0 aliphatic carbocycles. The number of amides is 1. The number of nitrogens with zero attached hydrogens (tertiary/aromatic N) is 4. The quantitative estimate of drug-likeness (QED) is 0.311. The van der Waals surface area contributed by atoms with Crippen LogP contribution in [0.15, 0.2) is 75.8 Å². The van der Waals surface area contributed by atoms with E-state index in [0.29, 0.717) is 26.4 Å². The fourth-order valence-corrected chi connectivity index (χ4v) is 6.81. The SMILES string of the molecule is CCOC(=O)C1=C(C)N=c2s/c(=C/c3cn(CC(=O)N4CCCC4)c4ccccc34)c(=O)n2[C@H]1c1ccc(OC)cc1. The molecule has 2 aromatic carbocycles. The van der Waals surface area contributed by atoms with Crippen LogP contribution in [0.5, 0.6) is 5.75 Å². The van der Waals surface area contributed by atoms with Crippen LogP contribution in [0.2, 0.25) is 0 Å². The molecule has 6 rings (SSSR count). The molecule has 0 radical (unpaired) electrons. The first-order valence-electron chi connectivity index (χ1n) is 14.1. The fourth-order valence-electron chi connectivity index (χ4n) is 5.77. The summed E-state index contributed by atoms with van der Waals surface area (Å²) in [6.45, 7) is 5.57. The molecule has 4 heterocycles. The molecule has 216 valence electrons. The van der Waals surface area contributed by atoms with Crippen molar-refractivity contribution in [1.29, 1.82) is 0 Å². The average Bonchev–Trinajstić information content (AvgIpc) is 3.72. The smallest absolute Gasteiger partial charge is 0.338 e. The third kappa shape index (κ3) is 4.96. The predicted molar refractivity (Wildman–Crippen MR) is 161 cm³/mol. The fraction of sp³-hybridized carbons (Fsp3) is 0.312. The molecule has 0 unspecified atom stereocenters. The van der Waals surface area contributed by atoms with Gasteiger partial charge in [-0.25, -0.2) is 9.79 Å². The van der Waals surface area contributed by atoms with Crippen LogP contribution in [0.3, 0.4) is 0 Å². The summed E-state index contributed by atoms with van der Waals surface area (Å²) in [5.41, 5.74) is 3.11. The Labute approximate surface area is 246 Å². The summed E-state index contributed by atoms with van der Waals surface area (Å²) in [7, 11) is 1.59. The molecule has 10 heteroatoms. The minimum absolute atomic E-state index is 0.0978. The summed E-state index contributed by atoms with van der Waals surface area (Å²) < 4.78 is 14.7. The molecule has 0 N–H and O–H groups in total. The van der Waals surface area contributed by atoms with E-state index in [2.05, 4.69) is 4.99 Å². The van der Waals surface area contributed by atoms with Crippen LogP contribution >= 0.6 is 11.3 Å². The van der Waals surface area contributed by atoms with Crippen molar-refractivity contribution in [2.24, 2.45) is 4.99 Å². The minimum Gasteiger partial charge on any atom is -0.497 e. The van der Waals surface area contributed by atoms with Crippen molar-refractivity contribution in [3.8, 4) is 5.75 Å². The maximum Gasteiger partial charge on any atom is 0.338 e. The lowest BCUT2D eigenvalue weighted by Crippen LogP contribution is -2.39. The van der Waals surface area contributed by atoms with E-state index in [1.54, 1.807) is 25.5 Å². The van der Waals surface area contributed by atoms with Gasteiger partial charge < -0.3 is 18.9 Å². The van der Waals surface area contributed by atoms with E-state index in [1.165, 1.54) is 11.3 Å². The van der Waals surface area contributed by atoms with Crippen LogP contribution in [0.1, 0.15) is 43.9 Å². The topological polar surface area (TPSA) is 95.1 Å². The zero-order chi connectivity index (χ0) is 29.4. The normalized spacial score (nSPS) is 17.0. The molecular weight excluding hydrogens is 552 g/mol. The molecule has 1 atom stereocenters. The van der Waals surface area contributed by atoms with Gasteiger partial charge in [0.15, 0.2) is 4.80 Å². The Hall–Kier alpha value is -4.44. The average molecular weight is 585 g/mol. The van der Waals surface area contributed by atoms with Crippen molar-refractivity contribution < 1.29 is 19.1 Å². The minimum atomic E-state index is -0.701. The van der Waals surface area contributed by atoms with E-state index < -0.39 is 12.0 Å². The Bertz CT molecular complexity index is 1890. The number of esters is 1. The second-order valence-corrected chi connectivity index (χ2v) is 11.4. The van der Waals surface area contributed by atoms with Crippen molar-refractivity contribution in [2.75, 3.05) is 26.8 Å². The Morgan fingerprint density at radius 1 is 1.10 bits per heavy atom. The zero-order valence-corrected chi connectivity index (χ0v) is 24.6. The lowest BCUT2D eigenvalue weighted by atomic mass is 9.96. The van der Waals surface area contributed by atoms with Crippen LogP contribution in [0, 0.1) is 0 Å². The highest BCUT2D eigenvalue weighted by Crippen LogP contribution is 2.31. The van der Waals surface area contributed by atoms with Crippen LogP contribution in [0.4, 0.5) is 0 Å². The number of carbonyl (C=O) groups excluding carboxylic acids is 2. The molecular formula is C32H32N4O5S. The van der Waals surface area contributed by atoms with Crippen LogP contribution in [-0.4, -0.2) is 52.7 Å². The molecule has 1 fully saturated rings. The van der Waals surface area contributed by atoms with Gasteiger partial charge in [0.25, 0.3) is 5.56 Å². The van der Waals surface area contributed by atoms with E-state index in [1.807, 2.05) is 70.3 Å². The van der Waals surface area contributed by atoms with Gasteiger partial charge in [0.05, 0.1) is 35.6 Å². The number of hydrogen-bond donors (Lipinski definition) is 0. The number of aromatic nitrogens is 2. The summed E-state index contributed by atoms with van der Waals surface area (Å²) in [4.78, 5) is 47.3. The molecule has 4 aromatic rings. The first-order valence-corrected chi connectivity index (χ1v) is 14.9. The molecule has 9 nitrogen and oxygen atoms in total. The van der Waals surface area contributed by atoms with Crippen molar-refractivity contribution >= 4 is 40.2 Å². The van der Waals surface area contributed by atoms with E-state index in [-0.39, 0.29) is 24.6 Å². The molecule has 1 saturated heterocycles. The van der Waals surface area contributed by atoms with E-state index >= 15 is 0 Å². The van der Waals surface area contributed by atoms with Gasteiger partial charge in [-0.15, -0.1) is 0 Å². The molecule has 0 saturated carbocycles. The summed E-state index contributed by atoms with van der Waals surface area (Å²) in [5, 5.41) is 0.952. The van der Waals surface area contributed by atoms with Crippen LogP contribution < -0.4 is 19.6 Å². The molecule has 1 amide bonds. The molecule has 0 spiro atoms. The molecule has 0 bridgehead atoms. The number of allylic oxidation sites excluding steroid dienone is 1. The third-order valence-corrected chi connectivity index (χ3v) is 8.80. The van der Waals surface area contributed by atoms with Gasteiger partial charge in [-0.3, -0.25) is 14.2 Å². The molecule has 2 aliphatic rings. The van der Waals surface area contributed by atoms with Gasteiger partial charge in [-0.05, 0) is 56.5 Å². The molecule has 42 heavy (non-hydrogen) atoms. The van der Waals surface area contributed by atoms with Crippen LogP contribution in [0.25, 0.3) is 17.0 Å². The number of fused-ring (bicyclic) bond motifs is 2. The number of methoxy groups -OCH3 is 1. The maximum absolute atomic E-state index is 14.1. The molecule has 2 aromatic heterocycles. The van der Waals surface area contributed by atoms with Crippen molar-refractivity contribution in [3.63, 3.8) is 0 Å². The van der Waals surface area contributed by atoms with E-state index in [0.717, 1.165) is 48.0 Å². The summed E-state index contributed by atoms with van der Waals surface area (Å²) in [6.07, 6.45) is 5.88. The van der Waals surface area contributed by atoms with Crippen LogP contribution in [-0.2, 0) is 20.9 Å². The molecule has 2 aliphatic heterocycles. The predicted octanol–water partition coefficient (Wildman–Crippen LogP) is 3.38. The Balaban J connectivity index is 1.47. The largest absolute Gasteiger partial charge is 0.497 e. The van der Waals surface area contributed by atoms with Gasteiger partial charge in [0, 0.05) is 35.8 Å². The first kappa shape index (κ1) is 27.7. The second-order valence-electron chi connectivity index (χ2n) is 10.4. The van der Waals surface area contributed by atoms with Gasteiger partial charge in [-0.2, -0.15) is 0 Å². The number of para-hydroxylation sites is 1. The van der Waals surface area contributed by atoms with E-state index in [9.17, 15) is 14.4 Å². The zero-order valence-electron chi connectivity index (χ0n) is 23.8. The Morgan fingerprint density at radius 3 is 2.55 bits per heavy atom. The lowest BCUT2D eigenvalue weighted by Gasteiger charge is -2.24. The van der Waals surface area contributed by atoms with Gasteiger partial charge >= 0.3 is 5.97 Å². The number of hydrogen-bond acceptors (Lipinski definition) is 7. The highest BCUT2D eigenvalue weighted by atomic mass is 32.1. The number of rotatable bonds is 7. The summed E-state index contributed by atoms with van der Waals surface area (Å²) >= 11 is 1.28. The lowest BCUT2D eigenvalue weighted by molar-refractivity contribution is -0.139. The monoisotopic (exact) mass is 584 g/mol. The van der Waals surface area contributed by atoms with Gasteiger partial charge in [0.1, 0.15) is 12.3 Å². The van der Waals surface area contributed by atoms with Gasteiger partial charge in [-0.1, -0.05) is 41.7 Å². The second kappa shape index (κ2) is 11.4. The number of ether oxygens (including phenoxy) is 2. The first-order chi connectivity index (χ1) is 20.4. The standard InChI is InChI=1S/C32H32N4O5S/c1-4-41-31(39)28-20(2)33-32-36(29(28)21-11-13-23(40-3)14-12-21)30(38)26(42-32)17-22-18-35(25-10-6-5-9-24(22)25)19-27(37)34-15-7-8-16-34/h5-6,9-14,17-18,29H,4,7-8,15-16,19H2,1-3H3/b26-17+/t29-/m0/s1. The highest BCUT2D eigenvalue weighted by Gasteiger charge is 2.33. The summed E-state index contributed by atoms with van der Waals surface area (Å²) in [5.74, 6) is 0.268. The Morgan fingerprint density at radius 2 is 1.83 bits per heavy atom. The Kier molecular flexibility index (Phi) is 7.55. The number of thiazole rings is 1. The van der Waals surface area contributed by atoms with Gasteiger partial charge in [0.2, 0.25) is 5.91 Å². The third-order valence-electron chi connectivity index (χ3n) is 7.82. The summed E-state index contributed by atoms with van der Waals surface area (Å²) in [6, 6.07) is 14.5. The highest BCUT2D eigenvalue weighted by molar-refractivity contribution is 7.07. The van der Waals surface area contributed by atoms with E-state index in [4.69, 9.17) is 9.47 Å². The maximum atomic E-state index is 14.1. The van der Waals surface area contributed by atoms with Crippen molar-refractivity contribution in [1.82, 2.24) is 14.0 Å². The number of carbonyl (C=O) groups is 2.